The summed E-state index contributed by atoms with van der Waals surface area (Å²) in [5.74, 6) is 0. The van der Waals surface area contributed by atoms with Gasteiger partial charge in [0.2, 0.25) is 0 Å². The molecular weight excluding hydrogens is 187 g/mol. The monoisotopic (exact) mass is 208 g/mol. The summed E-state index contributed by atoms with van der Waals surface area (Å²) in [6.07, 6.45) is 4.53. The highest BCUT2D eigenvalue weighted by Gasteiger charge is 2.14. The molecule has 0 spiro atoms. The Morgan fingerprint density at radius 1 is 1.08 bits per heavy atom. The predicted octanol–water partition coefficient (Wildman–Crippen LogP) is 3.44. The molecule has 0 radical (unpaired) electrons. The van der Waals surface area contributed by atoms with Gasteiger partial charge in [0.05, 0.1) is 13.2 Å². The van der Waals surface area contributed by atoms with E-state index in [0.29, 0.717) is 13.2 Å². The molecule has 0 amide bonds. The van der Waals surface area contributed by atoms with E-state index in [1.165, 1.54) is 19.5 Å². The molecule has 0 fully saturated rings. The molecule has 0 aliphatic rings. The second-order valence-corrected chi connectivity index (χ2v) is 5.14. The average Bonchev–Trinajstić information content (AvgIpc) is 2.04. The molecule has 13 heavy (non-hydrogen) atoms. The first-order chi connectivity index (χ1) is 6.12. The van der Waals surface area contributed by atoms with Gasteiger partial charge in [-0.15, -0.1) is 0 Å². The molecule has 0 aliphatic carbocycles. The van der Waals surface area contributed by atoms with Gasteiger partial charge in [0.15, 0.2) is 0 Å². The van der Waals surface area contributed by atoms with E-state index >= 15 is 0 Å². The lowest BCUT2D eigenvalue weighted by Crippen LogP contribution is -1.96. The summed E-state index contributed by atoms with van der Waals surface area (Å²) in [6, 6.07) is 0. The normalized spacial score (nSPS) is 15.6. The summed E-state index contributed by atoms with van der Waals surface area (Å²) in [6.45, 7) is 6.50. The van der Waals surface area contributed by atoms with Gasteiger partial charge in [-0.3, -0.25) is 4.57 Å². The Hall–Kier alpha value is 0.150. The van der Waals surface area contributed by atoms with Crippen LogP contribution in [0.4, 0.5) is 0 Å². The van der Waals surface area contributed by atoms with Crippen molar-refractivity contribution in [1.82, 2.24) is 0 Å². The lowest BCUT2D eigenvalue weighted by atomic mass is 10.2. The minimum atomic E-state index is -2.74. The predicted molar refractivity (Wildman–Crippen MR) is 55.3 cm³/mol. The molecule has 0 saturated heterocycles. The van der Waals surface area contributed by atoms with Crippen LogP contribution in [0.1, 0.15) is 39.5 Å². The number of rotatable bonds is 8. The fourth-order valence-corrected chi connectivity index (χ4v) is 2.04. The van der Waals surface area contributed by atoms with Crippen molar-refractivity contribution in [3.05, 3.63) is 0 Å². The van der Waals surface area contributed by atoms with Crippen LogP contribution in [-0.2, 0) is 13.6 Å². The summed E-state index contributed by atoms with van der Waals surface area (Å²) in [5.41, 5.74) is 0. The molecule has 1 unspecified atom stereocenters. The molecule has 0 N–H and O–H groups in total. The Bertz CT molecular complexity index is 159. The van der Waals surface area contributed by atoms with E-state index in [1.807, 2.05) is 6.92 Å². The van der Waals surface area contributed by atoms with Crippen molar-refractivity contribution in [2.24, 2.45) is 0 Å². The Balaban J connectivity index is 3.35. The molecular formula is C9H21O3P. The fraction of sp³-hybridized carbons (Fsp3) is 1.00. The smallest absolute Gasteiger partial charge is 0.309 e. The first kappa shape index (κ1) is 13.2. The van der Waals surface area contributed by atoms with Gasteiger partial charge in [0, 0.05) is 6.66 Å². The van der Waals surface area contributed by atoms with Crippen LogP contribution in [0.15, 0.2) is 0 Å². The molecule has 0 aromatic carbocycles. The van der Waals surface area contributed by atoms with Gasteiger partial charge in [0.1, 0.15) is 0 Å². The third-order valence-corrected chi connectivity index (χ3v) is 3.07. The maximum Gasteiger partial charge on any atom is 0.327 e. The highest BCUT2D eigenvalue weighted by atomic mass is 31.2. The maximum absolute atomic E-state index is 11.4. The van der Waals surface area contributed by atoms with Gasteiger partial charge in [-0.05, 0) is 13.3 Å². The maximum atomic E-state index is 11.4. The van der Waals surface area contributed by atoms with Gasteiger partial charge in [-0.1, -0.05) is 26.2 Å². The summed E-state index contributed by atoms with van der Waals surface area (Å²) >= 11 is 0. The number of unbranched alkanes of at least 4 members (excludes halogenated alkanes) is 3. The second kappa shape index (κ2) is 7.54. The lowest BCUT2D eigenvalue weighted by molar-refractivity contribution is 0.213. The van der Waals surface area contributed by atoms with Gasteiger partial charge in [-0.25, -0.2) is 0 Å². The van der Waals surface area contributed by atoms with Gasteiger partial charge < -0.3 is 9.05 Å². The van der Waals surface area contributed by atoms with Crippen molar-refractivity contribution in [1.29, 1.82) is 0 Å². The molecule has 0 aliphatic heterocycles. The zero-order valence-corrected chi connectivity index (χ0v) is 9.81. The zero-order valence-electron chi connectivity index (χ0n) is 8.91. The van der Waals surface area contributed by atoms with Crippen molar-refractivity contribution in [3.63, 3.8) is 0 Å². The molecule has 0 aromatic heterocycles. The van der Waals surface area contributed by atoms with Crippen molar-refractivity contribution < 1.29 is 13.6 Å². The van der Waals surface area contributed by atoms with Crippen LogP contribution >= 0.6 is 7.60 Å². The van der Waals surface area contributed by atoms with Crippen molar-refractivity contribution in [3.8, 4) is 0 Å². The van der Waals surface area contributed by atoms with E-state index in [4.69, 9.17) is 9.05 Å². The van der Waals surface area contributed by atoms with Crippen molar-refractivity contribution in [2.75, 3.05) is 19.9 Å². The third kappa shape index (κ3) is 8.48. The van der Waals surface area contributed by atoms with Crippen molar-refractivity contribution in [2.45, 2.75) is 39.5 Å². The van der Waals surface area contributed by atoms with E-state index in [1.54, 1.807) is 0 Å². The quantitative estimate of drug-likeness (QED) is 0.452. The number of hydrogen-bond donors (Lipinski definition) is 0. The Labute approximate surface area is 81.3 Å². The Morgan fingerprint density at radius 3 is 2.31 bits per heavy atom. The van der Waals surface area contributed by atoms with E-state index in [-0.39, 0.29) is 0 Å². The third-order valence-electron chi connectivity index (χ3n) is 1.69. The number of hydrogen-bond acceptors (Lipinski definition) is 3. The first-order valence-corrected chi connectivity index (χ1v) is 6.98. The Morgan fingerprint density at radius 2 is 1.77 bits per heavy atom. The van der Waals surface area contributed by atoms with Crippen LogP contribution in [-0.4, -0.2) is 19.9 Å². The molecule has 3 nitrogen and oxygen atoms in total. The van der Waals surface area contributed by atoms with Gasteiger partial charge >= 0.3 is 7.60 Å². The van der Waals surface area contributed by atoms with Crippen molar-refractivity contribution >= 4 is 7.60 Å². The molecule has 0 bridgehead atoms. The Kier molecular flexibility index (Phi) is 7.63. The van der Waals surface area contributed by atoms with E-state index < -0.39 is 7.60 Å². The topological polar surface area (TPSA) is 35.5 Å². The summed E-state index contributed by atoms with van der Waals surface area (Å²) in [5, 5.41) is 0. The molecule has 0 rings (SSSR count). The molecule has 0 aromatic rings. The van der Waals surface area contributed by atoms with E-state index in [2.05, 4.69) is 6.92 Å². The fourth-order valence-electron chi connectivity index (χ4n) is 1.03. The average molecular weight is 208 g/mol. The standard InChI is InChI=1S/C9H21O3P/c1-4-6-7-8-9-12-13(3,10)11-5-2/h4-9H2,1-3H3. The van der Waals surface area contributed by atoms with Crippen LogP contribution in [0.5, 0.6) is 0 Å². The van der Waals surface area contributed by atoms with E-state index in [9.17, 15) is 4.57 Å². The molecule has 80 valence electrons. The SMILES string of the molecule is CCCCCCOP(C)(=O)OCC. The highest BCUT2D eigenvalue weighted by Crippen LogP contribution is 2.43. The lowest BCUT2D eigenvalue weighted by Gasteiger charge is -2.12. The van der Waals surface area contributed by atoms with Gasteiger partial charge in [0.25, 0.3) is 0 Å². The van der Waals surface area contributed by atoms with Crippen LogP contribution < -0.4 is 0 Å². The second-order valence-electron chi connectivity index (χ2n) is 3.08. The van der Waals surface area contributed by atoms with Crippen LogP contribution in [0.3, 0.4) is 0 Å². The minimum Gasteiger partial charge on any atom is -0.309 e. The highest BCUT2D eigenvalue weighted by molar-refractivity contribution is 7.52. The molecule has 0 heterocycles. The summed E-state index contributed by atoms with van der Waals surface area (Å²) in [4.78, 5) is 0. The zero-order chi connectivity index (χ0) is 10.2. The van der Waals surface area contributed by atoms with Crippen LogP contribution in [0.2, 0.25) is 0 Å². The molecule has 1 atom stereocenters. The van der Waals surface area contributed by atoms with Gasteiger partial charge in [-0.2, -0.15) is 0 Å². The molecule has 0 saturated carbocycles. The summed E-state index contributed by atoms with van der Waals surface area (Å²) < 4.78 is 21.5. The minimum absolute atomic E-state index is 0.447. The first-order valence-electron chi connectivity index (χ1n) is 4.99. The summed E-state index contributed by atoms with van der Waals surface area (Å²) in [7, 11) is -2.74. The van der Waals surface area contributed by atoms with E-state index in [0.717, 1.165) is 12.8 Å². The van der Waals surface area contributed by atoms with Crippen LogP contribution in [0.25, 0.3) is 0 Å². The van der Waals surface area contributed by atoms with Crippen LogP contribution in [0, 0.1) is 0 Å². The largest absolute Gasteiger partial charge is 0.327 e. The molecule has 4 heteroatoms.